The Morgan fingerprint density at radius 3 is 2.69 bits per heavy atom. The van der Waals surface area contributed by atoms with E-state index >= 15 is 0 Å². The van der Waals surface area contributed by atoms with E-state index in [1.807, 2.05) is 0 Å². The van der Waals surface area contributed by atoms with Gasteiger partial charge in [-0.1, -0.05) is 17.7 Å². The molecule has 1 N–H and O–H groups in total. The quantitative estimate of drug-likeness (QED) is 0.672. The Bertz CT molecular complexity index is 1080. The Balaban J connectivity index is 1.75. The van der Waals surface area contributed by atoms with Crippen molar-refractivity contribution in [3.05, 3.63) is 51.4 Å². The molecule has 0 radical (unpaired) electrons. The van der Waals surface area contributed by atoms with Crippen molar-refractivity contribution in [3.63, 3.8) is 0 Å². The standard InChI is InChI=1S/C22H21ClF3NO5/c23-14-2-1-12-7-13(22(24,25)26)11-32-19-10-27(20(28)9-17(19)16(12)8-14)18(21(29)30)5-6-31-15-3-4-15/h1-2,8-10,13,15,18H,3-7,11H2,(H,29,30)/t13-,18?/m1/s1. The third-order valence-electron chi connectivity index (χ3n) is 5.67. The third kappa shape index (κ3) is 4.94. The van der Waals surface area contributed by atoms with Crippen LogP contribution in [0.25, 0.3) is 11.1 Å². The number of carboxylic acids is 1. The number of aromatic nitrogens is 1. The van der Waals surface area contributed by atoms with Crippen LogP contribution in [0.5, 0.6) is 5.75 Å². The van der Waals surface area contributed by atoms with Gasteiger partial charge in [-0.2, -0.15) is 13.2 Å². The number of halogens is 4. The molecule has 10 heteroatoms. The molecule has 1 unspecified atom stereocenters. The minimum atomic E-state index is -4.49. The molecule has 6 nitrogen and oxygen atoms in total. The summed E-state index contributed by atoms with van der Waals surface area (Å²) in [6.45, 7) is -0.500. The molecule has 1 aromatic carbocycles. The molecule has 2 aromatic rings. The molecule has 0 saturated heterocycles. The molecule has 172 valence electrons. The monoisotopic (exact) mass is 471 g/mol. The molecule has 2 aliphatic rings. The van der Waals surface area contributed by atoms with Gasteiger partial charge in [-0.25, -0.2) is 4.79 Å². The molecule has 0 bridgehead atoms. The number of carbonyl (C=O) groups is 1. The lowest BCUT2D eigenvalue weighted by atomic mass is 9.91. The lowest BCUT2D eigenvalue weighted by Gasteiger charge is -2.27. The highest BCUT2D eigenvalue weighted by Gasteiger charge is 2.41. The first kappa shape index (κ1) is 22.7. The Labute approximate surface area is 186 Å². The highest BCUT2D eigenvalue weighted by Crippen LogP contribution is 2.40. The smallest absolute Gasteiger partial charge is 0.395 e. The summed E-state index contributed by atoms with van der Waals surface area (Å²) in [6, 6.07) is 4.44. The second kappa shape index (κ2) is 8.78. The van der Waals surface area contributed by atoms with Crippen molar-refractivity contribution in [2.24, 2.45) is 5.92 Å². The van der Waals surface area contributed by atoms with Crippen LogP contribution < -0.4 is 10.3 Å². The zero-order valence-corrected chi connectivity index (χ0v) is 17.7. The molecular weight excluding hydrogens is 451 g/mol. The van der Waals surface area contributed by atoms with Gasteiger partial charge in [0.2, 0.25) is 0 Å². The van der Waals surface area contributed by atoms with Crippen LogP contribution in [-0.2, 0) is 16.0 Å². The first-order valence-corrected chi connectivity index (χ1v) is 10.6. The maximum absolute atomic E-state index is 13.5. The van der Waals surface area contributed by atoms with Crippen molar-refractivity contribution in [2.45, 2.75) is 44.0 Å². The molecule has 1 aliphatic heterocycles. The van der Waals surface area contributed by atoms with Crippen LogP contribution in [0.1, 0.15) is 30.9 Å². The fourth-order valence-corrected chi connectivity index (χ4v) is 3.93. The van der Waals surface area contributed by atoms with Gasteiger partial charge < -0.3 is 14.6 Å². The van der Waals surface area contributed by atoms with Gasteiger partial charge in [0.15, 0.2) is 0 Å². The number of alkyl halides is 3. The molecule has 1 fully saturated rings. The zero-order valence-electron chi connectivity index (χ0n) is 16.9. The second-order valence-electron chi connectivity index (χ2n) is 8.06. The van der Waals surface area contributed by atoms with E-state index in [4.69, 9.17) is 21.1 Å². The van der Waals surface area contributed by atoms with Crippen LogP contribution in [0.15, 0.2) is 35.3 Å². The first-order chi connectivity index (χ1) is 15.1. The van der Waals surface area contributed by atoms with E-state index in [-0.39, 0.29) is 36.9 Å². The largest absolute Gasteiger partial charge is 0.491 e. The van der Waals surface area contributed by atoms with E-state index < -0.39 is 36.3 Å². The van der Waals surface area contributed by atoms with Crippen molar-refractivity contribution in [2.75, 3.05) is 13.2 Å². The van der Waals surface area contributed by atoms with Crippen molar-refractivity contribution in [1.29, 1.82) is 0 Å². The Morgan fingerprint density at radius 1 is 1.28 bits per heavy atom. The summed E-state index contributed by atoms with van der Waals surface area (Å²) in [5, 5.41) is 9.95. The van der Waals surface area contributed by atoms with Crippen LogP contribution in [0.4, 0.5) is 13.2 Å². The molecule has 2 atom stereocenters. The molecule has 4 rings (SSSR count). The zero-order chi connectivity index (χ0) is 23.0. The van der Waals surface area contributed by atoms with Gasteiger partial charge >= 0.3 is 12.1 Å². The molecule has 32 heavy (non-hydrogen) atoms. The minimum Gasteiger partial charge on any atom is -0.491 e. The Kier molecular flexibility index (Phi) is 6.22. The van der Waals surface area contributed by atoms with Crippen LogP contribution in [0, 0.1) is 5.92 Å². The van der Waals surface area contributed by atoms with Crippen molar-refractivity contribution < 1.29 is 32.5 Å². The highest BCUT2D eigenvalue weighted by molar-refractivity contribution is 6.30. The van der Waals surface area contributed by atoms with E-state index in [1.54, 1.807) is 0 Å². The van der Waals surface area contributed by atoms with Crippen molar-refractivity contribution >= 4 is 17.6 Å². The highest BCUT2D eigenvalue weighted by atomic mass is 35.5. The van der Waals surface area contributed by atoms with E-state index in [2.05, 4.69) is 0 Å². The summed E-state index contributed by atoms with van der Waals surface area (Å²) < 4.78 is 52.6. The van der Waals surface area contributed by atoms with E-state index in [1.165, 1.54) is 30.5 Å². The number of nitrogens with zero attached hydrogens (tertiary/aromatic N) is 1. The average Bonchev–Trinajstić information content (AvgIpc) is 3.52. The van der Waals surface area contributed by atoms with Crippen molar-refractivity contribution in [1.82, 2.24) is 4.57 Å². The second-order valence-corrected chi connectivity index (χ2v) is 8.50. The Morgan fingerprint density at radius 2 is 2.03 bits per heavy atom. The molecule has 0 amide bonds. The van der Waals surface area contributed by atoms with Crippen molar-refractivity contribution in [3.8, 4) is 16.9 Å². The van der Waals surface area contributed by atoms with Crippen LogP contribution >= 0.6 is 11.6 Å². The maximum Gasteiger partial charge on any atom is 0.395 e. The summed E-state index contributed by atoms with van der Waals surface area (Å²) in [5.74, 6) is -3.01. The maximum atomic E-state index is 13.5. The normalized spacial score (nSPS) is 19.2. The average molecular weight is 472 g/mol. The van der Waals surface area contributed by atoms with E-state index in [0.717, 1.165) is 17.4 Å². The van der Waals surface area contributed by atoms with E-state index in [9.17, 15) is 27.9 Å². The number of ether oxygens (including phenoxy) is 2. The van der Waals surface area contributed by atoms with Gasteiger partial charge in [-0.05, 0) is 42.5 Å². The fraction of sp³-hybridized carbons (Fsp3) is 0.455. The lowest BCUT2D eigenvalue weighted by molar-refractivity contribution is -0.181. The van der Waals surface area contributed by atoms with Gasteiger partial charge in [-0.15, -0.1) is 0 Å². The van der Waals surface area contributed by atoms with Gasteiger partial charge in [-0.3, -0.25) is 9.36 Å². The van der Waals surface area contributed by atoms with Crippen LogP contribution in [-0.4, -0.2) is 41.1 Å². The molecule has 0 spiro atoms. The third-order valence-corrected chi connectivity index (χ3v) is 5.90. The number of pyridine rings is 1. The van der Waals surface area contributed by atoms with Gasteiger partial charge in [0.25, 0.3) is 5.56 Å². The number of carboxylic acid groups (broad SMARTS) is 1. The molecule has 1 aliphatic carbocycles. The van der Waals surface area contributed by atoms with E-state index in [0.29, 0.717) is 16.1 Å². The van der Waals surface area contributed by atoms with Gasteiger partial charge in [0.1, 0.15) is 18.4 Å². The van der Waals surface area contributed by atoms with Crippen LogP contribution in [0.2, 0.25) is 5.02 Å². The SMILES string of the molecule is O=C(O)C(CCOC1CC1)n1cc2c(cc1=O)-c1cc(Cl)ccc1C[C@@H](C(F)(F)F)CO2. The summed E-state index contributed by atoms with van der Waals surface area (Å²) >= 11 is 6.08. The number of rotatable bonds is 6. The predicted molar refractivity (Wildman–Crippen MR) is 110 cm³/mol. The number of aliphatic carboxylic acids is 1. The van der Waals surface area contributed by atoms with Gasteiger partial charge in [0, 0.05) is 29.7 Å². The topological polar surface area (TPSA) is 77.8 Å². The molecule has 1 aromatic heterocycles. The summed E-state index contributed by atoms with van der Waals surface area (Å²) in [6.07, 6.45) is -1.63. The Hall–Kier alpha value is -2.52. The summed E-state index contributed by atoms with van der Waals surface area (Å²) in [5.41, 5.74) is 0.411. The number of hydrogen-bond donors (Lipinski definition) is 1. The number of fused-ring (bicyclic) bond motifs is 3. The molecule has 1 saturated carbocycles. The number of benzene rings is 1. The summed E-state index contributed by atoms with van der Waals surface area (Å²) in [4.78, 5) is 24.7. The minimum absolute atomic E-state index is 0.00331. The molecule has 2 heterocycles. The van der Waals surface area contributed by atoms with Gasteiger partial charge in [0.05, 0.1) is 18.2 Å². The fourth-order valence-electron chi connectivity index (χ4n) is 3.76. The number of hydrogen-bond acceptors (Lipinski definition) is 4. The first-order valence-electron chi connectivity index (χ1n) is 10.2. The lowest BCUT2D eigenvalue weighted by Crippen LogP contribution is -2.33. The summed E-state index contributed by atoms with van der Waals surface area (Å²) in [7, 11) is 0. The van der Waals surface area contributed by atoms with Crippen LogP contribution in [0.3, 0.4) is 0 Å². The predicted octanol–water partition coefficient (Wildman–Crippen LogP) is 4.48. The molecular formula is C22H21ClF3NO5.